The van der Waals surface area contributed by atoms with Gasteiger partial charge in [-0.05, 0) is 49.1 Å². The average molecular weight is 384 g/mol. The Kier molecular flexibility index (Phi) is 5.37. The summed E-state index contributed by atoms with van der Waals surface area (Å²) in [6.45, 7) is 2.53. The van der Waals surface area contributed by atoms with Crippen molar-refractivity contribution >= 4 is 11.6 Å². The predicted octanol–water partition coefficient (Wildman–Crippen LogP) is 3.61. The highest BCUT2D eigenvalue weighted by atomic mass is 19.1. The maximum atomic E-state index is 14.1. The monoisotopic (exact) mass is 384 g/mol. The molecule has 28 heavy (non-hydrogen) atoms. The Morgan fingerprint density at radius 2 is 1.96 bits per heavy atom. The average Bonchev–Trinajstić information content (AvgIpc) is 2.74. The number of likely N-dealkylation sites (tertiary alicyclic amines) is 1. The van der Waals surface area contributed by atoms with E-state index >= 15 is 0 Å². The van der Waals surface area contributed by atoms with Crippen LogP contribution in [0, 0.1) is 5.82 Å². The van der Waals surface area contributed by atoms with E-state index in [0.29, 0.717) is 18.8 Å². The molecular weight excluding hydrogens is 359 g/mol. The van der Waals surface area contributed by atoms with Gasteiger partial charge in [0, 0.05) is 19.6 Å². The summed E-state index contributed by atoms with van der Waals surface area (Å²) in [6.07, 6.45) is 2.72. The molecule has 1 saturated heterocycles. The van der Waals surface area contributed by atoms with Crippen molar-refractivity contribution in [3.8, 4) is 11.5 Å². The van der Waals surface area contributed by atoms with Gasteiger partial charge in [-0.25, -0.2) is 4.39 Å². The third kappa shape index (κ3) is 3.77. The number of anilines is 1. The summed E-state index contributed by atoms with van der Waals surface area (Å²) in [5.74, 6) is 0.574. The van der Waals surface area contributed by atoms with Crippen molar-refractivity contribution in [1.29, 1.82) is 0 Å². The molecule has 2 aromatic rings. The van der Waals surface area contributed by atoms with E-state index < -0.39 is 6.10 Å². The zero-order chi connectivity index (χ0) is 19.5. The van der Waals surface area contributed by atoms with E-state index in [1.165, 1.54) is 19.6 Å². The highest BCUT2D eigenvalue weighted by Gasteiger charge is 2.34. The number of ether oxygens (including phenoxy) is 2. The minimum Gasteiger partial charge on any atom is -0.494 e. The van der Waals surface area contributed by atoms with E-state index in [1.807, 2.05) is 35.2 Å². The van der Waals surface area contributed by atoms with Crippen LogP contribution in [-0.4, -0.2) is 43.7 Å². The number of fused-ring (bicyclic) bond motifs is 1. The second kappa shape index (κ2) is 8.09. The Bertz CT molecular complexity index is 851. The number of piperidine rings is 1. The number of nitrogens with zero attached hydrogens (tertiary/aromatic N) is 2. The maximum absolute atomic E-state index is 14.1. The zero-order valence-electron chi connectivity index (χ0n) is 16.1. The van der Waals surface area contributed by atoms with Crippen LogP contribution in [0.2, 0.25) is 0 Å². The van der Waals surface area contributed by atoms with Crippen LogP contribution >= 0.6 is 0 Å². The lowest BCUT2D eigenvalue weighted by molar-refractivity contribution is -0.139. The number of benzene rings is 2. The molecule has 0 aromatic heterocycles. The van der Waals surface area contributed by atoms with Crippen molar-refractivity contribution in [1.82, 2.24) is 4.90 Å². The van der Waals surface area contributed by atoms with Gasteiger partial charge in [0.2, 0.25) is 0 Å². The van der Waals surface area contributed by atoms with Crippen molar-refractivity contribution in [3.05, 3.63) is 53.8 Å². The molecule has 0 N–H and O–H groups in total. The van der Waals surface area contributed by atoms with Crippen LogP contribution in [0.1, 0.15) is 24.8 Å². The summed E-state index contributed by atoms with van der Waals surface area (Å²) >= 11 is 0. The van der Waals surface area contributed by atoms with Crippen LogP contribution < -0.4 is 14.4 Å². The number of hydrogen-bond acceptors (Lipinski definition) is 4. The van der Waals surface area contributed by atoms with E-state index in [2.05, 4.69) is 4.90 Å². The minimum absolute atomic E-state index is 0.0418. The zero-order valence-corrected chi connectivity index (χ0v) is 16.1. The molecule has 4 rings (SSSR count). The van der Waals surface area contributed by atoms with Gasteiger partial charge in [-0.1, -0.05) is 18.2 Å². The van der Waals surface area contributed by atoms with Gasteiger partial charge in [-0.3, -0.25) is 4.79 Å². The second-order valence-corrected chi connectivity index (χ2v) is 7.31. The number of rotatable bonds is 4. The molecule has 0 radical (unpaired) electrons. The molecule has 2 aliphatic rings. The summed E-state index contributed by atoms with van der Waals surface area (Å²) < 4.78 is 25.2. The van der Waals surface area contributed by atoms with E-state index in [4.69, 9.17) is 9.47 Å². The Hall–Kier alpha value is -2.76. The first-order valence-corrected chi connectivity index (χ1v) is 9.77. The molecule has 1 atom stereocenters. The summed E-state index contributed by atoms with van der Waals surface area (Å²) in [7, 11) is 1.45. The Labute approximate surface area is 164 Å². The highest BCUT2D eigenvalue weighted by molar-refractivity contribution is 5.83. The smallest absolute Gasteiger partial charge is 0.265 e. The second-order valence-electron chi connectivity index (χ2n) is 7.31. The molecule has 1 amide bonds. The van der Waals surface area contributed by atoms with E-state index in [0.717, 1.165) is 37.2 Å². The van der Waals surface area contributed by atoms with Gasteiger partial charge < -0.3 is 19.3 Å². The number of methoxy groups -OCH3 is 1. The molecule has 0 saturated carbocycles. The molecule has 0 unspecified atom stereocenters. The van der Waals surface area contributed by atoms with Crippen molar-refractivity contribution < 1.29 is 18.7 Å². The number of halogens is 1. The lowest BCUT2D eigenvalue weighted by Gasteiger charge is -2.38. The Morgan fingerprint density at radius 3 is 2.71 bits per heavy atom. The van der Waals surface area contributed by atoms with Gasteiger partial charge >= 0.3 is 0 Å². The molecule has 0 aliphatic carbocycles. The van der Waals surface area contributed by atoms with Crippen LogP contribution in [0.5, 0.6) is 11.5 Å². The van der Waals surface area contributed by atoms with Gasteiger partial charge in [0.15, 0.2) is 17.7 Å². The van der Waals surface area contributed by atoms with Crippen LogP contribution in [0.3, 0.4) is 0 Å². The fraction of sp³-hybridized carbons (Fsp3) is 0.409. The molecule has 1 fully saturated rings. The van der Waals surface area contributed by atoms with E-state index in [9.17, 15) is 9.18 Å². The largest absolute Gasteiger partial charge is 0.494 e. The van der Waals surface area contributed by atoms with Crippen molar-refractivity contribution in [2.24, 2.45) is 0 Å². The third-order valence-corrected chi connectivity index (χ3v) is 5.39. The molecular formula is C22H25FN2O3. The number of amides is 1. The number of hydrogen-bond donors (Lipinski definition) is 0. The summed E-state index contributed by atoms with van der Waals surface area (Å²) in [5, 5.41) is 0. The first kappa shape index (κ1) is 18.6. The van der Waals surface area contributed by atoms with Gasteiger partial charge in [0.1, 0.15) is 5.75 Å². The quantitative estimate of drug-likeness (QED) is 0.808. The van der Waals surface area contributed by atoms with Gasteiger partial charge in [0.05, 0.1) is 19.3 Å². The number of para-hydroxylation sites is 2. The lowest BCUT2D eigenvalue weighted by atomic mass is 10.1. The van der Waals surface area contributed by atoms with Crippen LogP contribution in [0.15, 0.2) is 42.5 Å². The molecule has 0 bridgehead atoms. The summed E-state index contributed by atoms with van der Waals surface area (Å²) in [5.41, 5.74) is 1.74. The Balaban J connectivity index is 1.56. The number of carbonyl (C=O) groups is 1. The normalized spacial score (nSPS) is 19.0. The topological polar surface area (TPSA) is 42.0 Å². The maximum Gasteiger partial charge on any atom is 0.265 e. The van der Waals surface area contributed by atoms with Crippen molar-refractivity contribution in [3.63, 3.8) is 0 Å². The van der Waals surface area contributed by atoms with Gasteiger partial charge in [-0.15, -0.1) is 0 Å². The summed E-state index contributed by atoms with van der Waals surface area (Å²) in [6, 6.07) is 12.7. The van der Waals surface area contributed by atoms with Crippen LogP contribution in [0.25, 0.3) is 0 Å². The van der Waals surface area contributed by atoms with Crippen LogP contribution in [0.4, 0.5) is 10.1 Å². The molecule has 2 heterocycles. The van der Waals surface area contributed by atoms with E-state index in [1.54, 1.807) is 6.07 Å². The highest BCUT2D eigenvalue weighted by Crippen LogP contribution is 2.35. The first-order chi connectivity index (χ1) is 13.7. The minimum atomic E-state index is -0.545. The number of carbonyl (C=O) groups excluding carboxylic acids is 1. The third-order valence-electron chi connectivity index (χ3n) is 5.39. The Morgan fingerprint density at radius 1 is 1.18 bits per heavy atom. The van der Waals surface area contributed by atoms with Crippen LogP contribution in [-0.2, 0) is 11.3 Å². The van der Waals surface area contributed by atoms with Gasteiger partial charge in [0.25, 0.3) is 5.91 Å². The van der Waals surface area contributed by atoms with Gasteiger partial charge in [-0.2, -0.15) is 0 Å². The standard InChI is InChI=1S/C22H25FN2O3/c1-27-19-10-9-16(13-17(19)23)14-25-15-21(22(26)24-11-5-2-6-12-24)28-20-8-4-3-7-18(20)25/h3-4,7-10,13,21H,2,5-6,11-12,14-15H2,1H3/t21-/m0/s1. The fourth-order valence-electron chi connectivity index (χ4n) is 3.93. The predicted molar refractivity (Wildman–Crippen MR) is 105 cm³/mol. The molecule has 0 spiro atoms. The molecule has 5 nitrogen and oxygen atoms in total. The fourth-order valence-corrected chi connectivity index (χ4v) is 3.93. The van der Waals surface area contributed by atoms with Crippen molar-refractivity contribution in [2.75, 3.05) is 31.6 Å². The first-order valence-electron chi connectivity index (χ1n) is 9.77. The molecule has 148 valence electrons. The van der Waals surface area contributed by atoms with Crippen molar-refractivity contribution in [2.45, 2.75) is 31.9 Å². The molecule has 2 aliphatic heterocycles. The molecule has 2 aromatic carbocycles. The summed E-state index contributed by atoms with van der Waals surface area (Å²) in [4.78, 5) is 17.0. The SMILES string of the molecule is COc1ccc(CN2C[C@@H](C(=O)N3CCCCC3)Oc3ccccc32)cc1F. The lowest BCUT2D eigenvalue weighted by Crippen LogP contribution is -2.51. The molecule has 6 heteroatoms. The van der Waals surface area contributed by atoms with E-state index in [-0.39, 0.29) is 17.5 Å².